The average molecular weight is 403 g/mol. The number of carbonyl (C=O) groups excluding carboxylic acids is 2. The molecule has 2 aromatic rings. The first-order valence-electron chi connectivity index (χ1n) is 9.99. The van der Waals surface area contributed by atoms with E-state index in [-0.39, 0.29) is 24.8 Å². The topological polar surface area (TPSA) is 64.4 Å². The number of halogens is 2. The molecule has 0 aliphatic heterocycles. The van der Waals surface area contributed by atoms with Crippen LogP contribution in [0.5, 0.6) is 0 Å². The van der Waals surface area contributed by atoms with E-state index in [2.05, 4.69) is 5.10 Å². The first kappa shape index (κ1) is 19.5. The number of nitrogens with zero attached hydrogens (tertiary/aromatic N) is 3. The highest BCUT2D eigenvalue weighted by Crippen LogP contribution is 2.32. The minimum absolute atomic E-state index is 0.115. The van der Waals surface area contributed by atoms with E-state index in [1.807, 2.05) is 0 Å². The lowest BCUT2D eigenvalue weighted by Crippen LogP contribution is -2.38. The van der Waals surface area contributed by atoms with Crippen LogP contribution in [0, 0.1) is 17.6 Å². The van der Waals surface area contributed by atoms with Crippen molar-refractivity contribution in [3.05, 3.63) is 46.8 Å². The molecule has 0 radical (unpaired) electrons. The van der Waals surface area contributed by atoms with Crippen LogP contribution in [0.25, 0.3) is 5.69 Å². The SMILES string of the molecule is CCOC(=O)CN(CC1CC1)C(=O)c1nn(-c2ccc(F)c(F)c2)c2c1CCC2. The molecule has 4 rings (SSSR count). The Morgan fingerprint density at radius 1 is 1.24 bits per heavy atom. The fourth-order valence-electron chi connectivity index (χ4n) is 3.78. The van der Waals surface area contributed by atoms with Crippen molar-refractivity contribution in [2.45, 2.75) is 39.0 Å². The van der Waals surface area contributed by atoms with Crippen LogP contribution < -0.4 is 0 Å². The fourth-order valence-corrected chi connectivity index (χ4v) is 3.78. The molecule has 1 saturated carbocycles. The number of benzene rings is 1. The van der Waals surface area contributed by atoms with Gasteiger partial charge in [0.2, 0.25) is 0 Å². The zero-order valence-corrected chi connectivity index (χ0v) is 16.3. The molecule has 8 heteroatoms. The standard InChI is InChI=1S/C21H23F2N3O3/c1-2-29-19(27)12-25(11-13-6-7-13)21(28)20-15-4-3-5-18(15)26(24-20)14-8-9-16(22)17(23)10-14/h8-10,13H,2-7,11-12H2,1H3. The lowest BCUT2D eigenvalue weighted by atomic mass is 10.1. The minimum Gasteiger partial charge on any atom is -0.465 e. The maximum absolute atomic E-state index is 13.7. The van der Waals surface area contributed by atoms with E-state index in [0.717, 1.165) is 42.7 Å². The Morgan fingerprint density at radius 2 is 2.03 bits per heavy atom. The zero-order chi connectivity index (χ0) is 20.5. The van der Waals surface area contributed by atoms with Gasteiger partial charge in [0.1, 0.15) is 6.54 Å². The molecule has 0 atom stereocenters. The van der Waals surface area contributed by atoms with Crippen molar-refractivity contribution in [1.82, 2.24) is 14.7 Å². The largest absolute Gasteiger partial charge is 0.465 e. The Bertz CT molecular complexity index is 953. The molecule has 2 aliphatic rings. The summed E-state index contributed by atoms with van der Waals surface area (Å²) in [5, 5.41) is 4.46. The van der Waals surface area contributed by atoms with E-state index in [0.29, 0.717) is 31.0 Å². The molecule has 0 unspecified atom stereocenters. The molecule has 0 saturated heterocycles. The van der Waals surface area contributed by atoms with E-state index in [4.69, 9.17) is 4.74 Å². The van der Waals surface area contributed by atoms with Crippen LogP contribution >= 0.6 is 0 Å². The van der Waals surface area contributed by atoms with E-state index >= 15 is 0 Å². The number of esters is 1. The molecule has 1 fully saturated rings. The third-order valence-electron chi connectivity index (χ3n) is 5.37. The highest BCUT2D eigenvalue weighted by Gasteiger charge is 2.33. The Morgan fingerprint density at radius 3 is 2.72 bits per heavy atom. The number of amides is 1. The Kier molecular flexibility index (Phi) is 5.34. The molecular weight excluding hydrogens is 380 g/mol. The molecular formula is C21H23F2N3O3. The van der Waals surface area contributed by atoms with Gasteiger partial charge in [-0.3, -0.25) is 9.59 Å². The molecule has 2 aliphatic carbocycles. The number of fused-ring (bicyclic) bond motifs is 1. The molecule has 0 spiro atoms. The molecule has 29 heavy (non-hydrogen) atoms. The zero-order valence-electron chi connectivity index (χ0n) is 16.3. The van der Waals surface area contributed by atoms with Gasteiger partial charge >= 0.3 is 5.97 Å². The third kappa shape index (κ3) is 4.02. The van der Waals surface area contributed by atoms with Crippen LogP contribution in [0.2, 0.25) is 0 Å². The van der Waals surface area contributed by atoms with Crippen molar-refractivity contribution >= 4 is 11.9 Å². The van der Waals surface area contributed by atoms with Gasteiger partial charge in [-0.25, -0.2) is 13.5 Å². The van der Waals surface area contributed by atoms with E-state index in [1.54, 1.807) is 6.92 Å². The van der Waals surface area contributed by atoms with Crippen LogP contribution in [0.4, 0.5) is 8.78 Å². The second-order valence-corrected chi connectivity index (χ2v) is 7.57. The van der Waals surface area contributed by atoms with E-state index in [1.165, 1.54) is 15.6 Å². The van der Waals surface area contributed by atoms with Gasteiger partial charge in [-0.2, -0.15) is 5.10 Å². The van der Waals surface area contributed by atoms with Crippen molar-refractivity contribution in [2.75, 3.05) is 19.7 Å². The van der Waals surface area contributed by atoms with Crippen LogP contribution in [0.1, 0.15) is 47.9 Å². The van der Waals surface area contributed by atoms with E-state index < -0.39 is 17.6 Å². The summed E-state index contributed by atoms with van der Waals surface area (Å²) in [4.78, 5) is 26.8. The van der Waals surface area contributed by atoms with Gasteiger partial charge in [-0.1, -0.05) is 0 Å². The van der Waals surface area contributed by atoms with Gasteiger partial charge in [-0.05, 0) is 57.1 Å². The monoisotopic (exact) mass is 403 g/mol. The van der Waals surface area contributed by atoms with Crippen LogP contribution in [0.15, 0.2) is 18.2 Å². The maximum atomic E-state index is 13.7. The Balaban J connectivity index is 1.66. The summed E-state index contributed by atoms with van der Waals surface area (Å²) in [7, 11) is 0. The maximum Gasteiger partial charge on any atom is 0.325 e. The fraction of sp³-hybridized carbons (Fsp3) is 0.476. The quantitative estimate of drug-likeness (QED) is 0.667. The minimum atomic E-state index is -0.963. The average Bonchev–Trinajstić information content (AvgIpc) is 3.24. The lowest BCUT2D eigenvalue weighted by molar-refractivity contribution is -0.143. The van der Waals surface area contributed by atoms with Crippen molar-refractivity contribution in [3.8, 4) is 5.69 Å². The van der Waals surface area contributed by atoms with E-state index in [9.17, 15) is 18.4 Å². The summed E-state index contributed by atoms with van der Waals surface area (Å²) in [6, 6.07) is 3.57. The van der Waals surface area contributed by atoms with Gasteiger partial charge in [0, 0.05) is 23.9 Å². The van der Waals surface area contributed by atoms with Gasteiger partial charge in [0.15, 0.2) is 17.3 Å². The molecule has 1 aromatic carbocycles. The van der Waals surface area contributed by atoms with Crippen LogP contribution in [0.3, 0.4) is 0 Å². The Hall–Kier alpha value is -2.77. The normalized spacial score (nSPS) is 15.3. The van der Waals surface area contributed by atoms with Gasteiger partial charge in [-0.15, -0.1) is 0 Å². The van der Waals surface area contributed by atoms with Crippen LogP contribution in [-0.2, 0) is 22.4 Å². The van der Waals surface area contributed by atoms with Crippen molar-refractivity contribution < 1.29 is 23.1 Å². The second-order valence-electron chi connectivity index (χ2n) is 7.57. The predicted octanol–water partition coefficient (Wildman–Crippen LogP) is 3.05. The number of rotatable bonds is 7. The van der Waals surface area contributed by atoms with Crippen molar-refractivity contribution in [1.29, 1.82) is 0 Å². The first-order chi connectivity index (χ1) is 14.0. The molecule has 154 valence electrons. The highest BCUT2D eigenvalue weighted by molar-refractivity contribution is 5.96. The summed E-state index contributed by atoms with van der Waals surface area (Å²) in [6.07, 6.45) is 4.32. The van der Waals surface area contributed by atoms with Crippen molar-refractivity contribution in [2.24, 2.45) is 5.92 Å². The molecule has 1 heterocycles. The Labute approximate surface area is 167 Å². The lowest BCUT2D eigenvalue weighted by Gasteiger charge is -2.21. The highest BCUT2D eigenvalue weighted by atomic mass is 19.2. The first-order valence-corrected chi connectivity index (χ1v) is 9.99. The van der Waals surface area contributed by atoms with Crippen molar-refractivity contribution in [3.63, 3.8) is 0 Å². The number of ether oxygens (including phenoxy) is 1. The van der Waals surface area contributed by atoms with Gasteiger partial charge in [0.05, 0.1) is 12.3 Å². The number of hydrogen-bond acceptors (Lipinski definition) is 4. The summed E-state index contributed by atoms with van der Waals surface area (Å²) < 4.78 is 33.6. The smallest absolute Gasteiger partial charge is 0.325 e. The molecule has 0 N–H and O–H groups in total. The number of carbonyl (C=O) groups is 2. The summed E-state index contributed by atoms with van der Waals surface area (Å²) in [5.74, 6) is -2.26. The molecule has 0 bridgehead atoms. The van der Waals surface area contributed by atoms with Gasteiger partial charge in [0.25, 0.3) is 5.91 Å². The third-order valence-corrected chi connectivity index (χ3v) is 5.37. The van der Waals surface area contributed by atoms with Gasteiger partial charge < -0.3 is 9.64 Å². The summed E-state index contributed by atoms with van der Waals surface area (Å²) in [5.41, 5.74) is 2.32. The summed E-state index contributed by atoms with van der Waals surface area (Å²) in [6.45, 7) is 2.35. The molecule has 6 nitrogen and oxygen atoms in total. The molecule has 1 aromatic heterocycles. The second kappa shape index (κ2) is 7.93. The predicted molar refractivity (Wildman–Crippen MR) is 101 cm³/mol. The summed E-state index contributed by atoms with van der Waals surface area (Å²) >= 11 is 0. The number of aromatic nitrogens is 2. The number of hydrogen-bond donors (Lipinski definition) is 0. The molecule has 1 amide bonds. The van der Waals surface area contributed by atoms with Crippen LogP contribution in [-0.4, -0.2) is 46.3 Å².